The molecule has 0 aromatic heterocycles. The van der Waals surface area contributed by atoms with Gasteiger partial charge in [-0.15, -0.1) is 0 Å². The van der Waals surface area contributed by atoms with E-state index < -0.39 is 0 Å². The van der Waals surface area contributed by atoms with Crippen LogP contribution in [0.1, 0.15) is 25.5 Å². The van der Waals surface area contributed by atoms with E-state index in [0.717, 1.165) is 4.47 Å². The summed E-state index contributed by atoms with van der Waals surface area (Å²) in [5, 5.41) is 3.06. The molecule has 1 atom stereocenters. The minimum atomic E-state index is -0.213. The molecule has 1 rings (SSSR count). The van der Waals surface area contributed by atoms with Crippen LogP contribution in [0.25, 0.3) is 0 Å². The van der Waals surface area contributed by atoms with Gasteiger partial charge in [-0.3, -0.25) is 0 Å². The zero-order valence-electron chi connectivity index (χ0n) is 9.76. The SMILES string of the molecule is CNC(COC(C)C)c1cc(Br)ccc1F. The highest BCUT2D eigenvalue weighted by Crippen LogP contribution is 2.22. The van der Waals surface area contributed by atoms with E-state index in [1.165, 1.54) is 6.07 Å². The van der Waals surface area contributed by atoms with Gasteiger partial charge >= 0.3 is 0 Å². The number of ether oxygens (including phenoxy) is 1. The van der Waals surface area contributed by atoms with Crippen LogP contribution in [0.5, 0.6) is 0 Å². The van der Waals surface area contributed by atoms with Gasteiger partial charge in [-0.2, -0.15) is 0 Å². The lowest BCUT2D eigenvalue weighted by atomic mass is 10.1. The van der Waals surface area contributed by atoms with E-state index >= 15 is 0 Å². The average Bonchev–Trinajstić information content (AvgIpc) is 2.23. The minimum Gasteiger partial charge on any atom is -0.377 e. The highest BCUT2D eigenvalue weighted by molar-refractivity contribution is 9.10. The number of benzene rings is 1. The predicted octanol–water partition coefficient (Wildman–Crippen LogP) is 3.27. The molecule has 0 saturated carbocycles. The summed E-state index contributed by atoms with van der Waals surface area (Å²) in [6.45, 7) is 4.38. The Hall–Kier alpha value is -0.450. The number of likely N-dealkylation sites (N-methyl/N-ethyl adjacent to an activating group) is 1. The molecule has 1 aromatic rings. The molecule has 0 radical (unpaired) electrons. The molecule has 0 heterocycles. The Morgan fingerprint density at radius 3 is 2.69 bits per heavy atom. The first-order chi connectivity index (χ1) is 7.54. The van der Waals surface area contributed by atoms with Crippen LogP contribution in [0.4, 0.5) is 4.39 Å². The Morgan fingerprint density at radius 2 is 2.12 bits per heavy atom. The molecule has 1 N–H and O–H groups in total. The fraction of sp³-hybridized carbons (Fsp3) is 0.500. The third-order valence-electron chi connectivity index (χ3n) is 2.28. The largest absolute Gasteiger partial charge is 0.377 e. The van der Waals surface area contributed by atoms with E-state index in [2.05, 4.69) is 21.2 Å². The summed E-state index contributed by atoms with van der Waals surface area (Å²) < 4.78 is 20.0. The number of hydrogen-bond donors (Lipinski definition) is 1. The van der Waals surface area contributed by atoms with Crippen molar-refractivity contribution in [3.8, 4) is 0 Å². The second-order valence-corrected chi connectivity index (χ2v) is 4.80. The molecule has 2 nitrogen and oxygen atoms in total. The molecule has 0 aliphatic heterocycles. The second-order valence-electron chi connectivity index (χ2n) is 3.89. The molecule has 90 valence electrons. The molecule has 0 spiro atoms. The van der Waals surface area contributed by atoms with E-state index in [0.29, 0.717) is 12.2 Å². The maximum atomic E-state index is 13.6. The molecular weight excluding hydrogens is 273 g/mol. The second kappa shape index (κ2) is 6.33. The molecule has 4 heteroatoms. The van der Waals surface area contributed by atoms with Gasteiger partial charge in [0.05, 0.1) is 18.8 Å². The Kier molecular flexibility index (Phi) is 5.38. The lowest BCUT2D eigenvalue weighted by Crippen LogP contribution is -2.24. The normalized spacial score (nSPS) is 13.1. The highest BCUT2D eigenvalue weighted by atomic mass is 79.9. The van der Waals surface area contributed by atoms with Crippen molar-refractivity contribution in [2.45, 2.75) is 26.0 Å². The maximum Gasteiger partial charge on any atom is 0.128 e. The quantitative estimate of drug-likeness (QED) is 0.898. The Labute approximate surface area is 104 Å². The van der Waals surface area contributed by atoms with Gasteiger partial charge in [0.25, 0.3) is 0 Å². The van der Waals surface area contributed by atoms with Crippen LogP contribution in [0, 0.1) is 5.82 Å². The molecule has 1 aromatic carbocycles. The molecule has 0 bridgehead atoms. The third kappa shape index (κ3) is 3.85. The van der Waals surface area contributed by atoms with E-state index in [1.807, 2.05) is 13.8 Å². The summed E-state index contributed by atoms with van der Waals surface area (Å²) >= 11 is 3.34. The molecular formula is C12H17BrFNO. The maximum absolute atomic E-state index is 13.6. The molecule has 0 saturated heterocycles. The average molecular weight is 290 g/mol. The highest BCUT2D eigenvalue weighted by Gasteiger charge is 2.15. The van der Waals surface area contributed by atoms with Crippen molar-refractivity contribution in [2.75, 3.05) is 13.7 Å². The van der Waals surface area contributed by atoms with Gasteiger partial charge in [-0.1, -0.05) is 15.9 Å². The van der Waals surface area contributed by atoms with E-state index in [9.17, 15) is 4.39 Å². The molecule has 16 heavy (non-hydrogen) atoms. The van der Waals surface area contributed by atoms with Crippen LogP contribution >= 0.6 is 15.9 Å². The minimum absolute atomic E-state index is 0.125. The van der Waals surface area contributed by atoms with Crippen molar-refractivity contribution in [3.63, 3.8) is 0 Å². The third-order valence-corrected chi connectivity index (χ3v) is 2.77. The first-order valence-corrected chi connectivity index (χ1v) is 6.07. The Morgan fingerprint density at radius 1 is 1.44 bits per heavy atom. The van der Waals surface area contributed by atoms with Crippen molar-refractivity contribution in [2.24, 2.45) is 0 Å². The van der Waals surface area contributed by atoms with Crippen LogP contribution in [0.15, 0.2) is 22.7 Å². The fourth-order valence-corrected chi connectivity index (χ4v) is 1.78. The number of rotatable bonds is 5. The summed E-state index contributed by atoms with van der Waals surface area (Å²) in [6.07, 6.45) is 0.145. The Bertz CT molecular complexity index is 344. The first kappa shape index (κ1) is 13.6. The molecule has 0 aliphatic carbocycles. The predicted molar refractivity (Wildman–Crippen MR) is 67.0 cm³/mol. The van der Waals surface area contributed by atoms with Gasteiger partial charge < -0.3 is 10.1 Å². The van der Waals surface area contributed by atoms with Crippen LogP contribution < -0.4 is 5.32 Å². The summed E-state index contributed by atoms with van der Waals surface area (Å²) in [4.78, 5) is 0. The van der Waals surface area contributed by atoms with Crippen LogP contribution in [0.2, 0.25) is 0 Å². The van der Waals surface area contributed by atoms with Crippen molar-refractivity contribution in [1.82, 2.24) is 5.32 Å². The van der Waals surface area contributed by atoms with Gasteiger partial charge in [0.15, 0.2) is 0 Å². The summed E-state index contributed by atoms with van der Waals surface area (Å²) in [7, 11) is 1.80. The molecule has 0 fully saturated rings. The molecule has 1 unspecified atom stereocenters. The van der Waals surface area contributed by atoms with Crippen molar-refractivity contribution in [1.29, 1.82) is 0 Å². The number of hydrogen-bond acceptors (Lipinski definition) is 2. The summed E-state index contributed by atoms with van der Waals surface area (Å²) in [5.74, 6) is -0.213. The van der Waals surface area contributed by atoms with Gasteiger partial charge in [0.2, 0.25) is 0 Å². The summed E-state index contributed by atoms with van der Waals surface area (Å²) in [6, 6.07) is 4.80. The van der Waals surface area contributed by atoms with Crippen molar-refractivity contribution >= 4 is 15.9 Å². The van der Waals surface area contributed by atoms with Crippen LogP contribution in [-0.2, 0) is 4.74 Å². The molecule has 0 amide bonds. The summed E-state index contributed by atoms with van der Waals surface area (Å²) in [5.41, 5.74) is 0.623. The monoisotopic (exact) mass is 289 g/mol. The smallest absolute Gasteiger partial charge is 0.128 e. The van der Waals surface area contributed by atoms with Gasteiger partial charge in [0, 0.05) is 10.0 Å². The van der Waals surface area contributed by atoms with Crippen LogP contribution in [-0.4, -0.2) is 19.8 Å². The van der Waals surface area contributed by atoms with E-state index in [1.54, 1.807) is 19.2 Å². The topological polar surface area (TPSA) is 21.3 Å². The van der Waals surface area contributed by atoms with E-state index in [4.69, 9.17) is 4.74 Å². The standard InChI is InChI=1S/C12H17BrFNO/c1-8(2)16-7-12(15-3)10-6-9(13)4-5-11(10)14/h4-6,8,12,15H,7H2,1-3H3. The van der Waals surface area contributed by atoms with Crippen molar-refractivity contribution < 1.29 is 9.13 Å². The van der Waals surface area contributed by atoms with Crippen molar-refractivity contribution in [3.05, 3.63) is 34.1 Å². The Balaban J connectivity index is 2.81. The lowest BCUT2D eigenvalue weighted by Gasteiger charge is -2.19. The van der Waals surface area contributed by atoms with Gasteiger partial charge in [0.1, 0.15) is 5.82 Å². The van der Waals surface area contributed by atoms with Crippen LogP contribution in [0.3, 0.4) is 0 Å². The fourth-order valence-electron chi connectivity index (χ4n) is 1.40. The number of nitrogens with one attached hydrogen (secondary N) is 1. The van der Waals surface area contributed by atoms with Gasteiger partial charge in [-0.25, -0.2) is 4.39 Å². The lowest BCUT2D eigenvalue weighted by molar-refractivity contribution is 0.0619. The zero-order chi connectivity index (χ0) is 12.1. The number of halogens is 2. The zero-order valence-corrected chi connectivity index (χ0v) is 11.3. The first-order valence-electron chi connectivity index (χ1n) is 5.28. The van der Waals surface area contributed by atoms with E-state index in [-0.39, 0.29) is 18.0 Å². The molecule has 0 aliphatic rings. The van der Waals surface area contributed by atoms with Gasteiger partial charge in [-0.05, 0) is 39.1 Å².